The van der Waals surface area contributed by atoms with E-state index in [0.717, 1.165) is 5.56 Å². The van der Waals surface area contributed by atoms with Crippen LogP contribution >= 0.6 is 11.6 Å². The number of rotatable bonds is 3. The first-order valence-electron chi connectivity index (χ1n) is 6.51. The number of piperazine rings is 1. The summed E-state index contributed by atoms with van der Waals surface area (Å²) in [6.45, 7) is 2.51. The molecule has 108 valence electrons. The summed E-state index contributed by atoms with van der Waals surface area (Å²) in [6.07, 6.45) is 0.223. The number of aliphatic hydroxyl groups excluding tert-OH is 1. The zero-order chi connectivity index (χ0) is 14.7. The molecule has 5 nitrogen and oxygen atoms in total. The van der Waals surface area contributed by atoms with Gasteiger partial charge in [0, 0.05) is 19.7 Å². The number of benzene rings is 1. The maximum atomic E-state index is 12.6. The third-order valence-electron chi connectivity index (χ3n) is 3.42. The molecule has 0 aromatic heterocycles. The molecule has 2 N–H and O–H groups in total. The standard InChI is InChI=1S/C14H17ClN2O3/c1-9-3-2-4-10(12(9)15)14(20)17-7-6-16-13(19)11(17)5-8-18/h2-4,11,18H,5-8H2,1H3,(H,16,19). The molecule has 1 atom stereocenters. The number of aryl methyl sites for hydroxylation is 1. The van der Waals surface area contributed by atoms with Gasteiger partial charge in [0.15, 0.2) is 0 Å². The van der Waals surface area contributed by atoms with E-state index in [9.17, 15) is 9.59 Å². The highest BCUT2D eigenvalue weighted by Gasteiger charge is 2.33. The Morgan fingerprint density at radius 3 is 3.00 bits per heavy atom. The van der Waals surface area contributed by atoms with E-state index in [1.165, 1.54) is 4.90 Å². The van der Waals surface area contributed by atoms with Gasteiger partial charge in [-0.2, -0.15) is 0 Å². The molecule has 1 aliphatic heterocycles. The van der Waals surface area contributed by atoms with Crippen LogP contribution in [0.3, 0.4) is 0 Å². The van der Waals surface area contributed by atoms with E-state index in [1.807, 2.05) is 13.0 Å². The SMILES string of the molecule is Cc1cccc(C(=O)N2CCNC(=O)C2CCO)c1Cl. The van der Waals surface area contributed by atoms with Crippen LogP contribution in [0.1, 0.15) is 22.3 Å². The first kappa shape index (κ1) is 14.8. The van der Waals surface area contributed by atoms with Gasteiger partial charge in [-0.1, -0.05) is 23.7 Å². The second-order valence-corrected chi connectivity index (χ2v) is 5.13. The number of hydrogen-bond donors (Lipinski definition) is 2. The minimum absolute atomic E-state index is 0.149. The van der Waals surface area contributed by atoms with Gasteiger partial charge < -0.3 is 15.3 Å². The summed E-state index contributed by atoms with van der Waals surface area (Å²) in [5.41, 5.74) is 1.21. The third kappa shape index (κ3) is 2.78. The molecule has 0 saturated carbocycles. The van der Waals surface area contributed by atoms with Crippen molar-refractivity contribution in [2.45, 2.75) is 19.4 Å². The third-order valence-corrected chi connectivity index (χ3v) is 3.92. The Hall–Kier alpha value is -1.59. The predicted molar refractivity (Wildman–Crippen MR) is 75.7 cm³/mol. The van der Waals surface area contributed by atoms with Gasteiger partial charge in [-0.05, 0) is 25.0 Å². The van der Waals surface area contributed by atoms with Gasteiger partial charge in [-0.25, -0.2) is 0 Å². The van der Waals surface area contributed by atoms with Crippen molar-refractivity contribution in [2.24, 2.45) is 0 Å². The number of hydrogen-bond acceptors (Lipinski definition) is 3. The average Bonchev–Trinajstić information content (AvgIpc) is 2.43. The van der Waals surface area contributed by atoms with Crippen LogP contribution in [0.4, 0.5) is 0 Å². The Balaban J connectivity index is 2.30. The van der Waals surface area contributed by atoms with E-state index >= 15 is 0 Å². The molecule has 2 amide bonds. The van der Waals surface area contributed by atoms with Crippen molar-refractivity contribution in [3.8, 4) is 0 Å². The van der Waals surface area contributed by atoms with E-state index in [2.05, 4.69) is 5.32 Å². The van der Waals surface area contributed by atoms with Gasteiger partial charge >= 0.3 is 0 Å². The average molecular weight is 297 g/mol. The van der Waals surface area contributed by atoms with Crippen molar-refractivity contribution in [3.63, 3.8) is 0 Å². The lowest BCUT2D eigenvalue weighted by atomic mass is 10.1. The Morgan fingerprint density at radius 2 is 2.30 bits per heavy atom. The van der Waals surface area contributed by atoms with Crippen LogP contribution in [0.15, 0.2) is 18.2 Å². The number of carbonyl (C=O) groups is 2. The van der Waals surface area contributed by atoms with E-state index in [0.29, 0.717) is 23.7 Å². The zero-order valence-electron chi connectivity index (χ0n) is 11.2. The van der Waals surface area contributed by atoms with E-state index in [4.69, 9.17) is 16.7 Å². The zero-order valence-corrected chi connectivity index (χ0v) is 12.0. The van der Waals surface area contributed by atoms with Crippen LogP contribution in [-0.4, -0.2) is 47.6 Å². The summed E-state index contributed by atoms with van der Waals surface area (Å²) < 4.78 is 0. The van der Waals surface area contributed by atoms with Crippen molar-refractivity contribution in [1.82, 2.24) is 10.2 Å². The van der Waals surface area contributed by atoms with Crippen molar-refractivity contribution in [3.05, 3.63) is 34.3 Å². The first-order chi connectivity index (χ1) is 9.56. The fourth-order valence-electron chi connectivity index (χ4n) is 2.33. The molecule has 1 aliphatic rings. The first-order valence-corrected chi connectivity index (χ1v) is 6.88. The Kier molecular flexibility index (Phi) is 4.62. The molecule has 1 aromatic rings. The minimum Gasteiger partial charge on any atom is -0.396 e. The van der Waals surface area contributed by atoms with E-state index < -0.39 is 6.04 Å². The molecule has 1 aromatic carbocycles. The van der Waals surface area contributed by atoms with Gasteiger partial charge in [0.25, 0.3) is 5.91 Å². The van der Waals surface area contributed by atoms with Crippen LogP contribution in [-0.2, 0) is 4.79 Å². The number of nitrogens with one attached hydrogen (secondary N) is 1. The lowest BCUT2D eigenvalue weighted by Crippen LogP contribution is -2.57. The highest BCUT2D eigenvalue weighted by molar-refractivity contribution is 6.34. The highest BCUT2D eigenvalue weighted by atomic mass is 35.5. The molecule has 1 unspecified atom stereocenters. The number of carbonyl (C=O) groups excluding carboxylic acids is 2. The van der Waals surface area contributed by atoms with Crippen molar-refractivity contribution >= 4 is 23.4 Å². The molecule has 0 radical (unpaired) electrons. The lowest BCUT2D eigenvalue weighted by Gasteiger charge is -2.35. The molecule has 0 bridgehead atoms. The molecule has 1 heterocycles. The maximum Gasteiger partial charge on any atom is 0.256 e. The number of amides is 2. The summed E-state index contributed by atoms with van der Waals surface area (Å²) >= 11 is 6.17. The maximum absolute atomic E-state index is 12.6. The summed E-state index contributed by atoms with van der Waals surface area (Å²) in [7, 11) is 0. The number of aliphatic hydroxyl groups is 1. The Labute approximate surface area is 122 Å². The fraction of sp³-hybridized carbons (Fsp3) is 0.429. The molecule has 1 saturated heterocycles. The van der Waals surface area contributed by atoms with Crippen molar-refractivity contribution < 1.29 is 14.7 Å². The largest absolute Gasteiger partial charge is 0.396 e. The van der Waals surface area contributed by atoms with Crippen LogP contribution in [0.2, 0.25) is 5.02 Å². The van der Waals surface area contributed by atoms with E-state index in [-0.39, 0.29) is 24.8 Å². The summed E-state index contributed by atoms with van der Waals surface area (Å²) in [5.74, 6) is -0.505. The number of nitrogens with zero attached hydrogens (tertiary/aromatic N) is 1. The normalized spacial score (nSPS) is 18.9. The Morgan fingerprint density at radius 1 is 1.55 bits per heavy atom. The highest BCUT2D eigenvalue weighted by Crippen LogP contribution is 2.23. The topological polar surface area (TPSA) is 69.6 Å². The molecule has 0 spiro atoms. The molecule has 6 heteroatoms. The molecule has 0 aliphatic carbocycles. The Bertz CT molecular complexity index is 533. The van der Waals surface area contributed by atoms with E-state index in [1.54, 1.807) is 12.1 Å². The fourth-order valence-corrected chi connectivity index (χ4v) is 2.54. The summed E-state index contributed by atoms with van der Waals surface area (Å²) in [5, 5.41) is 12.2. The molecular formula is C14H17ClN2O3. The second-order valence-electron chi connectivity index (χ2n) is 4.75. The molecule has 2 rings (SSSR count). The van der Waals surface area contributed by atoms with Crippen LogP contribution in [0.25, 0.3) is 0 Å². The monoisotopic (exact) mass is 296 g/mol. The van der Waals surface area contributed by atoms with Crippen molar-refractivity contribution in [2.75, 3.05) is 19.7 Å². The van der Waals surface area contributed by atoms with Crippen LogP contribution in [0, 0.1) is 6.92 Å². The van der Waals surface area contributed by atoms with Gasteiger partial charge in [0.05, 0.1) is 10.6 Å². The molecular weight excluding hydrogens is 280 g/mol. The predicted octanol–water partition coefficient (Wildman–Crippen LogP) is 0.971. The molecule has 20 heavy (non-hydrogen) atoms. The number of halogens is 1. The molecule has 1 fully saturated rings. The van der Waals surface area contributed by atoms with Crippen LogP contribution < -0.4 is 5.32 Å². The minimum atomic E-state index is -0.641. The van der Waals surface area contributed by atoms with Crippen molar-refractivity contribution in [1.29, 1.82) is 0 Å². The summed E-state index contributed by atoms with van der Waals surface area (Å²) in [4.78, 5) is 25.9. The lowest BCUT2D eigenvalue weighted by molar-refractivity contribution is -0.128. The smallest absolute Gasteiger partial charge is 0.256 e. The van der Waals surface area contributed by atoms with Gasteiger partial charge in [-0.15, -0.1) is 0 Å². The van der Waals surface area contributed by atoms with Gasteiger partial charge in [0.1, 0.15) is 6.04 Å². The van der Waals surface area contributed by atoms with Crippen LogP contribution in [0.5, 0.6) is 0 Å². The van der Waals surface area contributed by atoms with Gasteiger partial charge in [-0.3, -0.25) is 9.59 Å². The quantitative estimate of drug-likeness (QED) is 0.873. The second kappa shape index (κ2) is 6.24. The van der Waals surface area contributed by atoms with Gasteiger partial charge in [0.2, 0.25) is 5.91 Å². The summed E-state index contributed by atoms with van der Waals surface area (Å²) in [6, 6.07) is 4.60.